The molecule has 0 aliphatic carbocycles. The zero-order chi connectivity index (χ0) is 11.7. The molecule has 0 spiro atoms. The van der Waals surface area contributed by atoms with Crippen LogP contribution in [0.4, 0.5) is 0 Å². The molecule has 1 aromatic heterocycles. The maximum Gasteiger partial charge on any atom is 0.331 e. The van der Waals surface area contributed by atoms with Crippen LogP contribution in [-0.4, -0.2) is 15.6 Å². The number of carboxylic acid groups (broad SMARTS) is 1. The Kier molecular flexibility index (Phi) is 2.52. The highest BCUT2D eigenvalue weighted by molar-refractivity contribution is 5.96. The number of para-hydroxylation sites is 1. The Labute approximate surface area is 93.6 Å². The number of carboxylic acids is 1. The van der Waals surface area contributed by atoms with Crippen molar-refractivity contribution in [2.75, 3.05) is 0 Å². The number of aromatic nitrogens is 1. The molecule has 82 valence electrons. The smallest absolute Gasteiger partial charge is 0.331 e. The quantitative estimate of drug-likeness (QED) is 0.782. The average molecular weight is 215 g/mol. The Morgan fingerprint density at radius 2 is 2.06 bits per heavy atom. The zero-order valence-electron chi connectivity index (χ0n) is 9.27. The first-order chi connectivity index (χ1) is 7.59. The van der Waals surface area contributed by atoms with E-state index in [-0.39, 0.29) is 0 Å². The van der Waals surface area contributed by atoms with Gasteiger partial charge in [0.15, 0.2) is 0 Å². The van der Waals surface area contributed by atoms with E-state index in [0.717, 1.165) is 16.5 Å². The van der Waals surface area contributed by atoms with E-state index in [9.17, 15) is 4.79 Å². The van der Waals surface area contributed by atoms with Crippen LogP contribution in [0.5, 0.6) is 0 Å². The monoisotopic (exact) mass is 215 g/mol. The van der Waals surface area contributed by atoms with Gasteiger partial charge in [-0.3, -0.25) is 0 Å². The third kappa shape index (κ3) is 1.72. The highest BCUT2D eigenvalue weighted by Crippen LogP contribution is 2.22. The molecule has 0 aliphatic heterocycles. The third-order valence-electron chi connectivity index (χ3n) is 2.64. The number of nitrogens with zero attached hydrogens (tertiary/aromatic N) is 1. The molecule has 3 heteroatoms. The Morgan fingerprint density at radius 3 is 2.75 bits per heavy atom. The van der Waals surface area contributed by atoms with Gasteiger partial charge in [0, 0.05) is 35.3 Å². The second kappa shape index (κ2) is 3.85. The van der Waals surface area contributed by atoms with E-state index < -0.39 is 5.97 Å². The number of hydrogen-bond acceptors (Lipinski definition) is 1. The standard InChI is InChI=1S/C13H13NO2/c1-9(13(15)16)7-10-8-14(2)12-6-4-3-5-11(10)12/h3-8H,1-2H3,(H,15,16)/b9-7+. The second-order valence-corrected chi connectivity index (χ2v) is 3.84. The van der Waals surface area contributed by atoms with Crippen molar-refractivity contribution in [3.05, 3.63) is 41.6 Å². The minimum absolute atomic E-state index is 0.344. The van der Waals surface area contributed by atoms with Gasteiger partial charge in [0.05, 0.1) is 0 Å². The molecular weight excluding hydrogens is 202 g/mol. The van der Waals surface area contributed by atoms with Crippen molar-refractivity contribution < 1.29 is 9.90 Å². The van der Waals surface area contributed by atoms with Crippen molar-refractivity contribution in [3.8, 4) is 0 Å². The third-order valence-corrected chi connectivity index (χ3v) is 2.64. The van der Waals surface area contributed by atoms with Gasteiger partial charge >= 0.3 is 5.97 Å². The molecule has 2 rings (SSSR count). The number of fused-ring (bicyclic) bond motifs is 1. The Balaban J connectivity index is 2.62. The maximum atomic E-state index is 10.8. The predicted molar refractivity (Wildman–Crippen MR) is 64.2 cm³/mol. The van der Waals surface area contributed by atoms with Crippen molar-refractivity contribution in [3.63, 3.8) is 0 Å². The van der Waals surface area contributed by atoms with Crippen LogP contribution in [0.3, 0.4) is 0 Å². The lowest BCUT2D eigenvalue weighted by Crippen LogP contribution is -1.95. The fourth-order valence-electron chi connectivity index (χ4n) is 1.78. The Hall–Kier alpha value is -2.03. The molecule has 2 aromatic rings. The number of aryl methyl sites for hydroxylation is 1. The molecule has 0 aliphatic rings. The summed E-state index contributed by atoms with van der Waals surface area (Å²) in [5.74, 6) is -0.882. The Bertz CT molecular complexity index is 579. The maximum absolute atomic E-state index is 10.8. The van der Waals surface area contributed by atoms with E-state index in [4.69, 9.17) is 5.11 Å². The van der Waals surface area contributed by atoms with E-state index in [1.165, 1.54) is 0 Å². The van der Waals surface area contributed by atoms with Gasteiger partial charge in [-0.2, -0.15) is 0 Å². The summed E-state index contributed by atoms with van der Waals surface area (Å²) in [6.07, 6.45) is 3.64. The number of benzene rings is 1. The van der Waals surface area contributed by atoms with Gasteiger partial charge in [-0.25, -0.2) is 4.79 Å². The second-order valence-electron chi connectivity index (χ2n) is 3.84. The lowest BCUT2D eigenvalue weighted by Gasteiger charge is -1.94. The molecule has 0 radical (unpaired) electrons. The molecular formula is C13H13NO2. The first-order valence-electron chi connectivity index (χ1n) is 5.05. The molecule has 16 heavy (non-hydrogen) atoms. The van der Waals surface area contributed by atoms with E-state index in [0.29, 0.717) is 5.57 Å². The van der Waals surface area contributed by atoms with Crippen LogP contribution < -0.4 is 0 Å². The summed E-state index contributed by atoms with van der Waals surface area (Å²) in [6, 6.07) is 7.94. The van der Waals surface area contributed by atoms with E-state index in [2.05, 4.69) is 0 Å². The van der Waals surface area contributed by atoms with Crippen molar-refractivity contribution in [2.45, 2.75) is 6.92 Å². The molecule has 0 fully saturated rings. The summed E-state index contributed by atoms with van der Waals surface area (Å²) in [5.41, 5.74) is 2.39. The molecule has 0 amide bonds. The first-order valence-corrected chi connectivity index (χ1v) is 5.05. The topological polar surface area (TPSA) is 42.2 Å². The van der Waals surface area contributed by atoms with Crippen LogP contribution in [0, 0.1) is 0 Å². The van der Waals surface area contributed by atoms with E-state index in [1.807, 2.05) is 42.1 Å². The number of rotatable bonds is 2. The van der Waals surface area contributed by atoms with Gasteiger partial charge in [0.1, 0.15) is 0 Å². The van der Waals surface area contributed by atoms with Gasteiger partial charge in [-0.05, 0) is 19.1 Å². The number of carbonyl (C=O) groups is 1. The van der Waals surface area contributed by atoms with Gasteiger partial charge < -0.3 is 9.67 Å². The molecule has 0 bridgehead atoms. The molecule has 3 nitrogen and oxygen atoms in total. The predicted octanol–water partition coefficient (Wildman–Crippen LogP) is 2.67. The summed E-state index contributed by atoms with van der Waals surface area (Å²) < 4.78 is 2.00. The van der Waals surface area contributed by atoms with Crippen LogP contribution in [0.2, 0.25) is 0 Å². The number of aliphatic carboxylic acids is 1. The van der Waals surface area contributed by atoms with Gasteiger partial charge in [-0.15, -0.1) is 0 Å². The lowest BCUT2D eigenvalue weighted by molar-refractivity contribution is -0.132. The van der Waals surface area contributed by atoms with E-state index >= 15 is 0 Å². The van der Waals surface area contributed by atoms with Gasteiger partial charge in [0.25, 0.3) is 0 Å². The highest BCUT2D eigenvalue weighted by atomic mass is 16.4. The largest absolute Gasteiger partial charge is 0.478 e. The van der Waals surface area contributed by atoms with Crippen molar-refractivity contribution in [1.29, 1.82) is 0 Å². The van der Waals surface area contributed by atoms with Gasteiger partial charge in [-0.1, -0.05) is 18.2 Å². The van der Waals surface area contributed by atoms with E-state index in [1.54, 1.807) is 13.0 Å². The molecule has 1 aromatic carbocycles. The average Bonchev–Trinajstić information content (AvgIpc) is 2.57. The molecule has 1 N–H and O–H groups in total. The molecule has 1 heterocycles. The van der Waals surface area contributed by atoms with Crippen molar-refractivity contribution in [2.24, 2.45) is 7.05 Å². The van der Waals surface area contributed by atoms with Crippen molar-refractivity contribution in [1.82, 2.24) is 4.57 Å². The SMILES string of the molecule is C/C(=C\c1cn(C)c2ccccc12)C(=O)O. The summed E-state index contributed by atoms with van der Waals surface area (Å²) in [4.78, 5) is 10.8. The molecule has 0 saturated heterocycles. The van der Waals surface area contributed by atoms with Crippen LogP contribution in [0.15, 0.2) is 36.0 Å². The molecule has 0 saturated carbocycles. The highest BCUT2D eigenvalue weighted by Gasteiger charge is 2.06. The minimum atomic E-state index is -0.882. The zero-order valence-corrected chi connectivity index (χ0v) is 9.27. The van der Waals surface area contributed by atoms with Crippen LogP contribution in [0.25, 0.3) is 17.0 Å². The van der Waals surface area contributed by atoms with Crippen LogP contribution in [0.1, 0.15) is 12.5 Å². The van der Waals surface area contributed by atoms with Crippen LogP contribution >= 0.6 is 0 Å². The summed E-state index contributed by atoms with van der Waals surface area (Å²) in [5, 5.41) is 9.92. The summed E-state index contributed by atoms with van der Waals surface area (Å²) >= 11 is 0. The Morgan fingerprint density at radius 1 is 1.38 bits per heavy atom. The van der Waals surface area contributed by atoms with Crippen molar-refractivity contribution >= 4 is 22.9 Å². The molecule has 0 atom stereocenters. The fourth-order valence-corrected chi connectivity index (χ4v) is 1.78. The summed E-state index contributed by atoms with van der Waals surface area (Å²) in [7, 11) is 1.95. The normalized spacial score (nSPS) is 12.0. The minimum Gasteiger partial charge on any atom is -0.478 e. The summed E-state index contributed by atoms with van der Waals surface area (Å²) in [6.45, 7) is 1.60. The number of hydrogen-bond donors (Lipinski definition) is 1. The first kappa shape index (κ1) is 10.5. The molecule has 0 unspecified atom stereocenters. The fraction of sp³-hybridized carbons (Fsp3) is 0.154. The van der Waals surface area contributed by atoms with Gasteiger partial charge in [0.2, 0.25) is 0 Å². The lowest BCUT2D eigenvalue weighted by atomic mass is 10.1. The van der Waals surface area contributed by atoms with Crippen LogP contribution in [-0.2, 0) is 11.8 Å².